The highest BCUT2D eigenvalue weighted by Gasteiger charge is 2.05. The van der Waals surface area contributed by atoms with Gasteiger partial charge in [-0.3, -0.25) is 0 Å². The topological polar surface area (TPSA) is 21.3 Å². The molecule has 0 aliphatic rings. The highest BCUT2D eigenvalue weighted by molar-refractivity contribution is 6.32. The van der Waals surface area contributed by atoms with Crippen LogP contribution in [0.25, 0.3) is 0 Å². The van der Waals surface area contributed by atoms with Crippen LogP contribution in [-0.2, 0) is 13.0 Å². The number of benzene rings is 2. The average molecular weight is 290 g/mol. The van der Waals surface area contributed by atoms with E-state index in [1.165, 1.54) is 11.1 Å². The van der Waals surface area contributed by atoms with Crippen LogP contribution < -0.4 is 10.1 Å². The molecule has 0 radical (unpaired) electrons. The van der Waals surface area contributed by atoms with Gasteiger partial charge in [-0.15, -0.1) is 0 Å². The summed E-state index contributed by atoms with van der Waals surface area (Å²) in [5, 5.41) is 3.83. The van der Waals surface area contributed by atoms with Gasteiger partial charge < -0.3 is 10.1 Å². The first-order valence-corrected chi connectivity index (χ1v) is 7.19. The molecule has 2 rings (SSSR count). The van der Waals surface area contributed by atoms with Gasteiger partial charge in [-0.1, -0.05) is 41.9 Å². The molecule has 2 aromatic rings. The predicted octanol–water partition coefficient (Wildman–Crippen LogP) is 3.99. The van der Waals surface area contributed by atoms with Crippen molar-refractivity contribution < 1.29 is 4.74 Å². The first kappa shape index (κ1) is 14.9. The van der Waals surface area contributed by atoms with E-state index in [2.05, 4.69) is 23.5 Å². The number of rotatable bonds is 6. The predicted molar refractivity (Wildman–Crippen MR) is 84.6 cm³/mol. The third kappa shape index (κ3) is 3.99. The summed E-state index contributed by atoms with van der Waals surface area (Å²) in [5.74, 6) is 0.745. The lowest BCUT2D eigenvalue weighted by Crippen LogP contribution is -2.12. The second kappa shape index (κ2) is 7.32. The van der Waals surface area contributed by atoms with Crippen molar-refractivity contribution in [1.29, 1.82) is 0 Å². The van der Waals surface area contributed by atoms with Gasteiger partial charge in [0, 0.05) is 0 Å². The van der Waals surface area contributed by atoms with Crippen molar-refractivity contribution in [3.8, 4) is 5.75 Å². The van der Waals surface area contributed by atoms with Crippen LogP contribution >= 0.6 is 11.6 Å². The smallest absolute Gasteiger partial charge is 0.138 e. The van der Waals surface area contributed by atoms with Crippen LogP contribution in [0.1, 0.15) is 16.7 Å². The molecule has 0 amide bonds. The molecule has 0 aromatic heterocycles. The summed E-state index contributed by atoms with van der Waals surface area (Å²) < 4.78 is 5.87. The summed E-state index contributed by atoms with van der Waals surface area (Å²) in [6.45, 7) is 3.54. The Morgan fingerprint density at radius 1 is 1.10 bits per heavy atom. The Labute approximate surface area is 125 Å². The molecule has 0 spiro atoms. The molecule has 0 unspecified atom stereocenters. The minimum atomic E-state index is 0.545. The van der Waals surface area contributed by atoms with Gasteiger partial charge in [-0.25, -0.2) is 0 Å². The summed E-state index contributed by atoms with van der Waals surface area (Å²) in [6, 6.07) is 14.2. The van der Waals surface area contributed by atoms with Gasteiger partial charge in [0.1, 0.15) is 12.4 Å². The van der Waals surface area contributed by atoms with Crippen LogP contribution in [0.15, 0.2) is 42.5 Å². The summed E-state index contributed by atoms with van der Waals surface area (Å²) in [7, 11) is 1.96. The SMILES string of the molecule is CNCCc1ccccc1COc1cc(C)ccc1Cl. The molecule has 0 heterocycles. The Kier molecular flexibility index (Phi) is 5.45. The van der Waals surface area contributed by atoms with Crippen LogP contribution in [0.3, 0.4) is 0 Å². The highest BCUT2D eigenvalue weighted by atomic mass is 35.5. The highest BCUT2D eigenvalue weighted by Crippen LogP contribution is 2.26. The Hall–Kier alpha value is -1.51. The fraction of sp³-hybridized carbons (Fsp3) is 0.294. The third-order valence-electron chi connectivity index (χ3n) is 3.23. The molecule has 2 nitrogen and oxygen atoms in total. The summed E-state index contributed by atoms with van der Waals surface area (Å²) in [6.07, 6.45) is 0.998. The third-order valence-corrected chi connectivity index (χ3v) is 3.54. The Balaban J connectivity index is 2.08. The summed E-state index contributed by atoms with van der Waals surface area (Å²) in [4.78, 5) is 0. The van der Waals surface area contributed by atoms with Gasteiger partial charge in [0.15, 0.2) is 0 Å². The van der Waals surface area contributed by atoms with E-state index in [4.69, 9.17) is 16.3 Å². The number of halogens is 1. The lowest BCUT2D eigenvalue weighted by atomic mass is 10.1. The summed E-state index contributed by atoms with van der Waals surface area (Å²) >= 11 is 6.15. The molecule has 0 atom stereocenters. The zero-order chi connectivity index (χ0) is 14.4. The van der Waals surface area contributed by atoms with E-state index < -0.39 is 0 Å². The summed E-state index contributed by atoms with van der Waals surface area (Å²) in [5.41, 5.74) is 3.67. The molecule has 2 aromatic carbocycles. The first-order chi connectivity index (χ1) is 9.70. The molecule has 0 aliphatic carbocycles. The van der Waals surface area contributed by atoms with E-state index in [1.54, 1.807) is 0 Å². The molecule has 106 valence electrons. The second-order valence-electron chi connectivity index (χ2n) is 4.84. The number of hydrogen-bond donors (Lipinski definition) is 1. The number of ether oxygens (including phenoxy) is 1. The maximum Gasteiger partial charge on any atom is 0.138 e. The number of likely N-dealkylation sites (N-methyl/N-ethyl adjacent to an activating group) is 1. The standard InChI is InChI=1S/C17H20ClNO/c1-13-7-8-16(18)17(11-13)20-12-15-6-4-3-5-14(15)9-10-19-2/h3-8,11,19H,9-10,12H2,1-2H3. The minimum Gasteiger partial charge on any atom is -0.487 e. The first-order valence-electron chi connectivity index (χ1n) is 6.81. The van der Waals surface area contributed by atoms with Crippen molar-refractivity contribution in [1.82, 2.24) is 5.32 Å². The van der Waals surface area contributed by atoms with E-state index in [0.29, 0.717) is 11.6 Å². The van der Waals surface area contributed by atoms with Crippen LogP contribution in [0, 0.1) is 6.92 Å². The average Bonchev–Trinajstić information content (AvgIpc) is 2.47. The fourth-order valence-corrected chi connectivity index (χ4v) is 2.25. The Bertz CT molecular complexity index is 569. The maximum atomic E-state index is 6.15. The van der Waals surface area contributed by atoms with Gasteiger partial charge in [0.25, 0.3) is 0 Å². The van der Waals surface area contributed by atoms with Crippen molar-refractivity contribution in [3.63, 3.8) is 0 Å². The molecule has 3 heteroatoms. The van der Waals surface area contributed by atoms with Crippen LogP contribution in [0.2, 0.25) is 5.02 Å². The number of aryl methyl sites for hydroxylation is 1. The zero-order valence-electron chi connectivity index (χ0n) is 11.9. The molecule has 0 saturated carbocycles. The second-order valence-corrected chi connectivity index (χ2v) is 5.25. The normalized spacial score (nSPS) is 10.6. The van der Waals surface area contributed by atoms with Crippen molar-refractivity contribution >= 4 is 11.6 Å². The molecule has 20 heavy (non-hydrogen) atoms. The van der Waals surface area contributed by atoms with Gasteiger partial charge in [-0.05, 0) is 55.8 Å². The number of hydrogen-bond acceptors (Lipinski definition) is 2. The molecule has 0 saturated heterocycles. The van der Waals surface area contributed by atoms with Crippen molar-refractivity contribution in [2.45, 2.75) is 20.0 Å². The molecule has 0 fully saturated rings. The molecular formula is C17H20ClNO. The zero-order valence-corrected chi connectivity index (χ0v) is 12.7. The van der Waals surface area contributed by atoms with Gasteiger partial charge in [0.05, 0.1) is 5.02 Å². The van der Waals surface area contributed by atoms with E-state index in [-0.39, 0.29) is 0 Å². The van der Waals surface area contributed by atoms with Crippen molar-refractivity contribution in [2.24, 2.45) is 0 Å². The Morgan fingerprint density at radius 2 is 1.85 bits per heavy atom. The maximum absolute atomic E-state index is 6.15. The lowest BCUT2D eigenvalue weighted by molar-refractivity contribution is 0.305. The quantitative estimate of drug-likeness (QED) is 0.868. The van der Waals surface area contributed by atoms with Crippen LogP contribution in [0.4, 0.5) is 0 Å². The molecule has 1 N–H and O–H groups in total. The molecule has 0 aliphatic heterocycles. The Morgan fingerprint density at radius 3 is 2.60 bits per heavy atom. The van der Waals surface area contributed by atoms with Gasteiger partial charge in [-0.2, -0.15) is 0 Å². The van der Waals surface area contributed by atoms with Gasteiger partial charge in [0.2, 0.25) is 0 Å². The van der Waals surface area contributed by atoms with E-state index in [1.807, 2.05) is 38.2 Å². The largest absolute Gasteiger partial charge is 0.487 e. The molecule has 0 bridgehead atoms. The monoisotopic (exact) mass is 289 g/mol. The van der Waals surface area contributed by atoms with E-state index in [0.717, 1.165) is 24.3 Å². The lowest BCUT2D eigenvalue weighted by Gasteiger charge is -2.12. The van der Waals surface area contributed by atoms with Crippen LogP contribution in [0.5, 0.6) is 5.75 Å². The van der Waals surface area contributed by atoms with Crippen LogP contribution in [-0.4, -0.2) is 13.6 Å². The minimum absolute atomic E-state index is 0.545. The van der Waals surface area contributed by atoms with Crippen molar-refractivity contribution in [3.05, 3.63) is 64.2 Å². The fourth-order valence-electron chi connectivity index (χ4n) is 2.08. The number of nitrogens with one attached hydrogen (secondary N) is 1. The van der Waals surface area contributed by atoms with Crippen molar-refractivity contribution in [2.75, 3.05) is 13.6 Å². The molecular weight excluding hydrogens is 270 g/mol. The van der Waals surface area contributed by atoms with E-state index in [9.17, 15) is 0 Å². The van der Waals surface area contributed by atoms with E-state index >= 15 is 0 Å². The van der Waals surface area contributed by atoms with Gasteiger partial charge >= 0.3 is 0 Å².